The van der Waals surface area contributed by atoms with Crippen LogP contribution in [0.3, 0.4) is 0 Å². The lowest BCUT2D eigenvalue weighted by Crippen LogP contribution is -2.45. The van der Waals surface area contributed by atoms with Gasteiger partial charge in [-0.3, -0.25) is 9.89 Å². The van der Waals surface area contributed by atoms with Gasteiger partial charge in [-0.1, -0.05) is 12.8 Å². The van der Waals surface area contributed by atoms with Crippen LogP contribution in [0.15, 0.2) is 28.0 Å². The van der Waals surface area contributed by atoms with Crippen molar-refractivity contribution >= 4 is 29.9 Å². The summed E-state index contributed by atoms with van der Waals surface area (Å²) in [5.41, 5.74) is 1.14. The first-order valence-electron chi connectivity index (χ1n) is 8.07. The van der Waals surface area contributed by atoms with Crippen molar-refractivity contribution in [1.82, 2.24) is 15.5 Å². The van der Waals surface area contributed by atoms with Crippen LogP contribution in [-0.2, 0) is 6.54 Å². The normalized spacial score (nSPS) is 23.5. The van der Waals surface area contributed by atoms with Gasteiger partial charge in [0.05, 0.1) is 12.5 Å². The average molecular weight is 418 g/mol. The van der Waals surface area contributed by atoms with Crippen molar-refractivity contribution in [3.8, 4) is 0 Å². The number of aliphatic imine (C=N–C) groups is 1. The second kappa shape index (κ2) is 8.76. The van der Waals surface area contributed by atoms with E-state index >= 15 is 0 Å². The van der Waals surface area contributed by atoms with Crippen molar-refractivity contribution in [1.29, 1.82) is 0 Å². The SMILES string of the molecule is CN=C(NCc1ccoc1)NC1CCN(C2CCCC2)C1.I. The third kappa shape index (κ3) is 4.62. The number of furan rings is 1. The maximum Gasteiger partial charge on any atom is 0.191 e. The molecule has 1 saturated carbocycles. The summed E-state index contributed by atoms with van der Waals surface area (Å²) in [6, 6.07) is 3.32. The van der Waals surface area contributed by atoms with Crippen LogP contribution in [0.25, 0.3) is 0 Å². The summed E-state index contributed by atoms with van der Waals surface area (Å²) in [5.74, 6) is 0.884. The molecule has 1 saturated heterocycles. The summed E-state index contributed by atoms with van der Waals surface area (Å²) in [4.78, 5) is 6.98. The molecular formula is C16H27IN4O. The van der Waals surface area contributed by atoms with Gasteiger partial charge in [-0.25, -0.2) is 0 Å². The molecule has 3 rings (SSSR count). The predicted molar refractivity (Wildman–Crippen MR) is 99.7 cm³/mol. The van der Waals surface area contributed by atoms with Crippen LogP contribution >= 0.6 is 24.0 Å². The minimum Gasteiger partial charge on any atom is -0.472 e. The van der Waals surface area contributed by atoms with Gasteiger partial charge in [0.1, 0.15) is 0 Å². The molecule has 6 heteroatoms. The molecule has 0 amide bonds. The molecule has 2 fully saturated rings. The number of nitrogens with one attached hydrogen (secondary N) is 2. The summed E-state index contributed by atoms with van der Waals surface area (Å²) < 4.78 is 5.08. The number of hydrogen-bond donors (Lipinski definition) is 2. The Bertz CT molecular complexity index is 457. The monoisotopic (exact) mass is 418 g/mol. The quantitative estimate of drug-likeness (QED) is 0.449. The van der Waals surface area contributed by atoms with Crippen LogP contribution in [0.2, 0.25) is 0 Å². The van der Waals surface area contributed by atoms with E-state index in [1.165, 1.54) is 38.6 Å². The second-order valence-electron chi connectivity index (χ2n) is 6.12. The molecule has 22 heavy (non-hydrogen) atoms. The van der Waals surface area contributed by atoms with E-state index in [4.69, 9.17) is 4.42 Å². The highest BCUT2D eigenvalue weighted by atomic mass is 127. The maximum absolute atomic E-state index is 5.08. The van der Waals surface area contributed by atoms with Gasteiger partial charge in [0.25, 0.3) is 0 Å². The summed E-state index contributed by atoms with van der Waals surface area (Å²) in [6.07, 6.45) is 10.3. The maximum atomic E-state index is 5.08. The second-order valence-corrected chi connectivity index (χ2v) is 6.12. The number of halogens is 1. The van der Waals surface area contributed by atoms with Gasteiger partial charge >= 0.3 is 0 Å². The lowest BCUT2D eigenvalue weighted by atomic mass is 10.2. The molecule has 1 unspecified atom stereocenters. The van der Waals surface area contributed by atoms with Crippen molar-refractivity contribution in [3.05, 3.63) is 24.2 Å². The zero-order valence-corrected chi connectivity index (χ0v) is 15.6. The first-order chi connectivity index (χ1) is 10.3. The predicted octanol–water partition coefficient (Wildman–Crippen LogP) is 2.58. The van der Waals surface area contributed by atoms with Gasteiger partial charge in [-0.05, 0) is 25.3 Å². The van der Waals surface area contributed by atoms with E-state index in [0.717, 1.165) is 30.7 Å². The van der Waals surface area contributed by atoms with Crippen LogP contribution < -0.4 is 10.6 Å². The van der Waals surface area contributed by atoms with Crippen molar-refractivity contribution in [2.75, 3.05) is 20.1 Å². The zero-order chi connectivity index (χ0) is 14.5. The molecule has 0 bridgehead atoms. The molecule has 124 valence electrons. The lowest BCUT2D eigenvalue weighted by molar-refractivity contribution is 0.242. The molecule has 2 N–H and O–H groups in total. The van der Waals surface area contributed by atoms with E-state index in [2.05, 4.69) is 20.5 Å². The van der Waals surface area contributed by atoms with Crippen LogP contribution in [0.1, 0.15) is 37.7 Å². The van der Waals surface area contributed by atoms with E-state index in [1.54, 1.807) is 12.5 Å². The highest BCUT2D eigenvalue weighted by molar-refractivity contribution is 14.0. The Hall–Kier alpha value is -0.760. The standard InChI is InChI=1S/C16H26N4O.HI/c1-17-16(18-10-13-7-9-21-12-13)19-14-6-8-20(11-14)15-4-2-3-5-15;/h7,9,12,14-15H,2-6,8,10-11H2,1H3,(H2,17,18,19);1H. The van der Waals surface area contributed by atoms with Crippen molar-refractivity contribution < 1.29 is 4.42 Å². The molecule has 2 aliphatic rings. The summed E-state index contributed by atoms with van der Waals surface area (Å²) in [6.45, 7) is 3.12. The Labute approximate surface area is 149 Å². The molecule has 2 heterocycles. The Balaban J connectivity index is 0.00000176. The largest absolute Gasteiger partial charge is 0.472 e. The van der Waals surface area contributed by atoms with Gasteiger partial charge in [-0.2, -0.15) is 0 Å². The highest BCUT2D eigenvalue weighted by Gasteiger charge is 2.30. The van der Waals surface area contributed by atoms with Crippen molar-refractivity contribution in [2.24, 2.45) is 4.99 Å². The first kappa shape index (κ1) is 17.6. The van der Waals surface area contributed by atoms with Gasteiger partial charge in [0.2, 0.25) is 0 Å². The smallest absolute Gasteiger partial charge is 0.191 e. The molecule has 1 aromatic heterocycles. The fraction of sp³-hybridized carbons (Fsp3) is 0.688. The zero-order valence-electron chi connectivity index (χ0n) is 13.3. The minimum atomic E-state index is 0. The molecule has 1 atom stereocenters. The molecule has 1 aromatic rings. The average Bonchev–Trinajstić information content (AvgIpc) is 3.24. The topological polar surface area (TPSA) is 52.8 Å². The van der Waals surface area contributed by atoms with Crippen molar-refractivity contribution in [2.45, 2.75) is 50.7 Å². The van der Waals surface area contributed by atoms with Crippen LogP contribution in [0.4, 0.5) is 0 Å². The number of hydrogen-bond acceptors (Lipinski definition) is 3. The molecule has 5 nitrogen and oxygen atoms in total. The Morgan fingerprint density at radius 1 is 1.36 bits per heavy atom. The van der Waals surface area contributed by atoms with Gasteiger partial charge in [0.15, 0.2) is 5.96 Å². The Morgan fingerprint density at radius 3 is 2.86 bits per heavy atom. The highest BCUT2D eigenvalue weighted by Crippen LogP contribution is 2.26. The van der Waals surface area contributed by atoms with E-state index in [-0.39, 0.29) is 24.0 Å². The number of nitrogens with zero attached hydrogens (tertiary/aromatic N) is 2. The van der Waals surface area contributed by atoms with Crippen LogP contribution in [0.5, 0.6) is 0 Å². The van der Waals surface area contributed by atoms with Gasteiger partial charge < -0.3 is 15.1 Å². The van der Waals surface area contributed by atoms with Crippen molar-refractivity contribution in [3.63, 3.8) is 0 Å². The Kier molecular flexibility index (Phi) is 7.01. The molecule has 1 aliphatic carbocycles. The fourth-order valence-electron chi connectivity index (χ4n) is 3.47. The molecule has 1 aliphatic heterocycles. The molecular weight excluding hydrogens is 391 g/mol. The van der Waals surface area contributed by atoms with E-state index in [0.29, 0.717) is 6.04 Å². The van der Waals surface area contributed by atoms with Crippen LogP contribution in [-0.4, -0.2) is 43.1 Å². The van der Waals surface area contributed by atoms with Gasteiger partial charge in [-0.15, -0.1) is 24.0 Å². The molecule has 0 spiro atoms. The Morgan fingerprint density at radius 2 is 2.18 bits per heavy atom. The number of likely N-dealkylation sites (tertiary alicyclic amines) is 1. The molecule has 0 radical (unpaired) electrons. The van der Waals surface area contributed by atoms with E-state index in [1.807, 2.05) is 13.1 Å². The minimum absolute atomic E-state index is 0. The third-order valence-corrected chi connectivity index (χ3v) is 4.67. The summed E-state index contributed by atoms with van der Waals surface area (Å²) in [5, 5.41) is 6.89. The molecule has 0 aromatic carbocycles. The van der Waals surface area contributed by atoms with E-state index in [9.17, 15) is 0 Å². The number of rotatable bonds is 4. The van der Waals surface area contributed by atoms with Crippen LogP contribution in [0, 0.1) is 0 Å². The third-order valence-electron chi connectivity index (χ3n) is 4.67. The van der Waals surface area contributed by atoms with Gasteiger partial charge in [0, 0.05) is 44.3 Å². The van der Waals surface area contributed by atoms with E-state index < -0.39 is 0 Å². The fourth-order valence-corrected chi connectivity index (χ4v) is 3.47. The lowest BCUT2D eigenvalue weighted by Gasteiger charge is -2.24. The first-order valence-corrected chi connectivity index (χ1v) is 8.07. The summed E-state index contributed by atoms with van der Waals surface area (Å²) in [7, 11) is 1.83. The number of guanidine groups is 1. The summed E-state index contributed by atoms with van der Waals surface area (Å²) >= 11 is 0.